The fourth-order valence-corrected chi connectivity index (χ4v) is 1.67. The minimum absolute atomic E-state index is 0.0518. The van der Waals surface area contributed by atoms with Gasteiger partial charge in [-0.2, -0.15) is 0 Å². The number of pyridine rings is 1. The van der Waals surface area contributed by atoms with Gasteiger partial charge < -0.3 is 9.84 Å². The van der Waals surface area contributed by atoms with Crippen LogP contribution in [0.3, 0.4) is 0 Å². The van der Waals surface area contributed by atoms with Crippen LogP contribution in [-0.2, 0) is 10.3 Å². The van der Waals surface area contributed by atoms with Crippen LogP contribution in [0.2, 0.25) is 0 Å². The molecule has 0 aliphatic heterocycles. The van der Waals surface area contributed by atoms with Crippen LogP contribution < -0.4 is 0 Å². The molecule has 0 bridgehead atoms. The van der Waals surface area contributed by atoms with Crippen molar-refractivity contribution in [2.24, 2.45) is 0 Å². The first kappa shape index (κ1) is 11.8. The Balaban J connectivity index is 2.69. The molecule has 2 rings (SSSR count). The van der Waals surface area contributed by atoms with E-state index in [1.165, 1.54) is 19.2 Å². The Bertz CT molecular complexity index is 567. The lowest BCUT2D eigenvalue weighted by atomic mass is 10.0. The fourth-order valence-electron chi connectivity index (χ4n) is 1.67. The van der Waals surface area contributed by atoms with Crippen molar-refractivity contribution in [3.8, 4) is 5.75 Å². The van der Waals surface area contributed by atoms with E-state index in [-0.39, 0.29) is 11.6 Å². The summed E-state index contributed by atoms with van der Waals surface area (Å²) in [6.07, 6.45) is 0. The van der Waals surface area contributed by atoms with Crippen molar-refractivity contribution in [1.82, 2.24) is 4.98 Å². The highest BCUT2D eigenvalue weighted by Gasteiger charge is 2.25. The average Bonchev–Trinajstić information content (AvgIpc) is 2.28. The lowest BCUT2D eigenvalue weighted by Crippen LogP contribution is -2.21. The molecule has 4 heteroatoms. The third-order valence-electron chi connectivity index (χ3n) is 2.84. The van der Waals surface area contributed by atoms with E-state index in [9.17, 15) is 9.50 Å². The number of halogens is 1. The van der Waals surface area contributed by atoms with Crippen molar-refractivity contribution >= 4 is 10.9 Å². The van der Waals surface area contributed by atoms with E-state index in [1.54, 1.807) is 26.0 Å². The van der Waals surface area contributed by atoms with Gasteiger partial charge in [-0.15, -0.1) is 0 Å². The van der Waals surface area contributed by atoms with Crippen LogP contribution in [0.4, 0.5) is 4.39 Å². The van der Waals surface area contributed by atoms with Gasteiger partial charge in [0.15, 0.2) is 0 Å². The molecule has 3 nitrogen and oxygen atoms in total. The molecule has 1 heterocycles. The van der Waals surface area contributed by atoms with Crippen molar-refractivity contribution in [3.63, 3.8) is 0 Å². The maximum atomic E-state index is 13.1. The predicted molar refractivity (Wildman–Crippen MR) is 63.4 cm³/mol. The summed E-state index contributed by atoms with van der Waals surface area (Å²) in [5.41, 5.74) is 0.186. The average molecular weight is 235 g/mol. The molecule has 17 heavy (non-hydrogen) atoms. The molecule has 0 unspecified atom stereocenters. The smallest absolute Gasteiger partial charge is 0.140 e. The molecular formula is C13H14FNO2. The highest BCUT2D eigenvalue weighted by atomic mass is 19.1. The Kier molecular flexibility index (Phi) is 2.75. The third kappa shape index (κ3) is 2.08. The highest BCUT2D eigenvalue weighted by Crippen LogP contribution is 2.32. The van der Waals surface area contributed by atoms with Crippen molar-refractivity contribution < 1.29 is 14.2 Å². The number of hydrogen-bond donors (Lipinski definition) is 1. The molecule has 0 aliphatic carbocycles. The van der Waals surface area contributed by atoms with Gasteiger partial charge >= 0.3 is 0 Å². The van der Waals surface area contributed by atoms with E-state index in [2.05, 4.69) is 4.98 Å². The first-order chi connectivity index (χ1) is 7.94. The van der Waals surface area contributed by atoms with Crippen molar-refractivity contribution in [3.05, 3.63) is 35.8 Å². The normalized spacial score (nSPS) is 12.0. The molecule has 1 aromatic carbocycles. The van der Waals surface area contributed by atoms with Gasteiger partial charge in [0.05, 0.1) is 5.52 Å². The number of ether oxygens (including phenoxy) is 1. The predicted octanol–water partition coefficient (Wildman–Crippen LogP) is 2.96. The Hall–Kier alpha value is -1.68. The standard InChI is InChI=1S/C13H14FNO2/c1-13(2,17-3)12-11(16)6-8-4-5-9(14)7-10(8)15-12/h4-7,16H,1-3H3. The zero-order chi connectivity index (χ0) is 12.6. The summed E-state index contributed by atoms with van der Waals surface area (Å²) in [7, 11) is 1.54. The molecule has 0 spiro atoms. The molecule has 1 aromatic heterocycles. The second kappa shape index (κ2) is 3.96. The van der Waals surface area contributed by atoms with E-state index in [4.69, 9.17) is 4.74 Å². The fraction of sp³-hybridized carbons (Fsp3) is 0.308. The largest absolute Gasteiger partial charge is 0.506 e. The van der Waals surface area contributed by atoms with Gasteiger partial charge in [-0.1, -0.05) is 0 Å². The quantitative estimate of drug-likeness (QED) is 0.870. The van der Waals surface area contributed by atoms with Gasteiger partial charge in [0.1, 0.15) is 22.9 Å². The first-order valence-electron chi connectivity index (χ1n) is 5.29. The second-order valence-corrected chi connectivity index (χ2v) is 4.41. The number of benzene rings is 1. The number of nitrogens with zero attached hydrogens (tertiary/aromatic N) is 1. The molecule has 0 aliphatic rings. The second-order valence-electron chi connectivity index (χ2n) is 4.41. The molecule has 0 amide bonds. The van der Waals surface area contributed by atoms with Gasteiger partial charge in [0.25, 0.3) is 0 Å². The topological polar surface area (TPSA) is 42.4 Å². The third-order valence-corrected chi connectivity index (χ3v) is 2.84. The van der Waals surface area contributed by atoms with Crippen LogP contribution in [0.15, 0.2) is 24.3 Å². The molecule has 90 valence electrons. The lowest BCUT2D eigenvalue weighted by Gasteiger charge is -2.23. The summed E-state index contributed by atoms with van der Waals surface area (Å²) in [6.45, 7) is 3.58. The Labute approximate surface area is 98.9 Å². The number of methoxy groups -OCH3 is 1. The molecule has 0 fully saturated rings. The molecule has 0 saturated carbocycles. The number of aromatic nitrogens is 1. The Morgan fingerprint density at radius 2 is 2.00 bits per heavy atom. The van der Waals surface area contributed by atoms with Crippen molar-refractivity contribution in [2.45, 2.75) is 19.4 Å². The van der Waals surface area contributed by atoms with E-state index in [0.29, 0.717) is 16.6 Å². The van der Waals surface area contributed by atoms with Gasteiger partial charge in [0, 0.05) is 18.6 Å². The van der Waals surface area contributed by atoms with Gasteiger partial charge in [-0.05, 0) is 32.0 Å². The summed E-state index contributed by atoms with van der Waals surface area (Å²) in [6, 6.07) is 5.83. The van der Waals surface area contributed by atoms with Crippen LogP contribution in [0, 0.1) is 5.82 Å². The minimum atomic E-state index is -0.718. The lowest BCUT2D eigenvalue weighted by molar-refractivity contribution is 0.0138. The van der Waals surface area contributed by atoms with Gasteiger partial charge in [-0.3, -0.25) is 0 Å². The minimum Gasteiger partial charge on any atom is -0.506 e. The number of aromatic hydroxyl groups is 1. The van der Waals surface area contributed by atoms with Crippen LogP contribution in [-0.4, -0.2) is 17.2 Å². The zero-order valence-electron chi connectivity index (χ0n) is 9.99. The zero-order valence-corrected chi connectivity index (χ0v) is 9.99. The number of hydrogen-bond acceptors (Lipinski definition) is 3. The molecule has 0 saturated heterocycles. The monoisotopic (exact) mass is 235 g/mol. The summed E-state index contributed by atoms with van der Waals surface area (Å²) in [5.74, 6) is -0.298. The van der Waals surface area contributed by atoms with Crippen LogP contribution in [0.1, 0.15) is 19.5 Å². The van der Waals surface area contributed by atoms with E-state index in [0.717, 1.165) is 0 Å². The molecule has 2 aromatic rings. The van der Waals surface area contributed by atoms with E-state index < -0.39 is 5.60 Å². The summed E-state index contributed by atoms with van der Waals surface area (Å²) >= 11 is 0. The molecule has 0 radical (unpaired) electrons. The van der Waals surface area contributed by atoms with E-state index >= 15 is 0 Å². The Morgan fingerprint density at radius 3 is 2.65 bits per heavy atom. The van der Waals surface area contributed by atoms with Crippen LogP contribution >= 0.6 is 0 Å². The van der Waals surface area contributed by atoms with Crippen LogP contribution in [0.25, 0.3) is 10.9 Å². The van der Waals surface area contributed by atoms with Crippen molar-refractivity contribution in [1.29, 1.82) is 0 Å². The van der Waals surface area contributed by atoms with Gasteiger partial charge in [-0.25, -0.2) is 9.37 Å². The summed E-state index contributed by atoms with van der Waals surface area (Å²) in [4.78, 5) is 4.26. The van der Waals surface area contributed by atoms with Crippen molar-refractivity contribution in [2.75, 3.05) is 7.11 Å². The first-order valence-corrected chi connectivity index (χ1v) is 5.29. The van der Waals surface area contributed by atoms with Crippen LogP contribution in [0.5, 0.6) is 5.75 Å². The Morgan fingerprint density at radius 1 is 1.29 bits per heavy atom. The molecule has 1 N–H and O–H groups in total. The summed E-state index contributed by atoms with van der Waals surface area (Å²) in [5, 5.41) is 10.6. The number of rotatable bonds is 2. The number of fused-ring (bicyclic) bond motifs is 1. The van der Waals surface area contributed by atoms with Gasteiger partial charge in [0.2, 0.25) is 0 Å². The van der Waals surface area contributed by atoms with E-state index in [1.807, 2.05) is 0 Å². The molecular weight excluding hydrogens is 221 g/mol. The summed E-state index contributed by atoms with van der Waals surface area (Å²) < 4.78 is 18.4. The highest BCUT2D eigenvalue weighted by molar-refractivity contribution is 5.80. The SMILES string of the molecule is COC(C)(C)c1nc2cc(F)ccc2cc1O. The maximum Gasteiger partial charge on any atom is 0.140 e. The maximum absolute atomic E-state index is 13.1. The molecule has 0 atom stereocenters.